The van der Waals surface area contributed by atoms with Crippen molar-refractivity contribution < 1.29 is 4.74 Å². The molecule has 0 heterocycles. The van der Waals surface area contributed by atoms with Gasteiger partial charge in [-0.05, 0) is 57.4 Å². The maximum Gasteiger partial charge on any atom is 0.119 e. The lowest BCUT2D eigenvalue weighted by Gasteiger charge is -2.20. The highest BCUT2D eigenvalue weighted by Crippen LogP contribution is 2.16. The van der Waals surface area contributed by atoms with Crippen LogP contribution in [0, 0.1) is 5.92 Å². The van der Waals surface area contributed by atoms with Crippen molar-refractivity contribution in [3.63, 3.8) is 0 Å². The predicted octanol–water partition coefficient (Wildman–Crippen LogP) is 3.91. The molecule has 0 aromatic heterocycles. The van der Waals surface area contributed by atoms with Gasteiger partial charge in [-0.1, -0.05) is 13.8 Å². The van der Waals surface area contributed by atoms with Crippen molar-refractivity contribution in [1.29, 1.82) is 0 Å². The van der Waals surface area contributed by atoms with Crippen molar-refractivity contribution in [2.75, 3.05) is 25.0 Å². The average molecular weight is 278 g/mol. The number of benzene rings is 1. The van der Waals surface area contributed by atoms with E-state index in [0.717, 1.165) is 37.6 Å². The molecule has 20 heavy (non-hydrogen) atoms. The van der Waals surface area contributed by atoms with Crippen LogP contribution in [0.4, 0.5) is 5.69 Å². The largest absolute Gasteiger partial charge is 0.494 e. The van der Waals surface area contributed by atoms with Gasteiger partial charge in [-0.15, -0.1) is 0 Å². The van der Waals surface area contributed by atoms with Crippen molar-refractivity contribution in [2.45, 2.75) is 46.6 Å². The fourth-order valence-electron chi connectivity index (χ4n) is 1.73. The molecule has 0 aliphatic carbocycles. The average Bonchev–Trinajstić information content (AvgIpc) is 2.35. The van der Waals surface area contributed by atoms with Crippen LogP contribution in [0.3, 0.4) is 0 Å². The van der Waals surface area contributed by atoms with E-state index in [9.17, 15) is 0 Å². The minimum absolute atomic E-state index is 0.176. The second-order valence-electron chi connectivity index (χ2n) is 6.66. The number of hydrogen-bond donors (Lipinski definition) is 2. The highest BCUT2D eigenvalue weighted by Gasteiger charge is 2.06. The monoisotopic (exact) mass is 278 g/mol. The van der Waals surface area contributed by atoms with Crippen LogP contribution in [-0.2, 0) is 0 Å². The molecule has 0 amide bonds. The van der Waals surface area contributed by atoms with Gasteiger partial charge < -0.3 is 15.4 Å². The minimum atomic E-state index is 0.176. The summed E-state index contributed by atoms with van der Waals surface area (Å²) < 4.78 is 5.70. The molecule has 0 aliphatic heterocycles. The quantitative estimate of drug-likeness (QED) is 0.707. The predicted molar refractivity (Wildman–Crippen MR) is 87.6 cm³/mol. The van der Waals surface area contributed by atoms with Gasteiger partial charge in [0.25, 0.3) is 0 Å². The maximum absolute atomic E-state index is 5.70. The highest BCUT2D eigenvalue weighted by molar-refractivity contribution is 5.46. The van der Waals surface area contributed by atoms with Crippen LogP contribution in [0.15, 0.2) is 24.3 Å². The van der Waals surface area contributed by atoms with Gasteiger partial charge in [0.15, 0.2) is 0 Å². The molecule has 3 nitrogen and oxygen atoms in total. The zero-order chi connectivity index (χ0) is 15.0. The normalized spacial score (nSPS) is 11.7. The summed E-state index contributed by atoms with van der Waals surface area (Å²) in [7, 11) is 0. The Balaban J connectivity index is 2.25. The van der Waals surface area contributed by atoms with E-state index in [1.807, 2.05) is 12.1 Å². The molecule has 114 valence electrons. The maximum atomic E-state index is 5.70. The molecule has 0 fully saturated rings. The molecule has 0 radical (unpaired) electrons. The third-order valence-corrected chi connectivity index (χ3v) is 2.93. The Morgan fingerprint density at radius 2 is 1.70 bits per heavy atom. The van der Waals surface area contributed by atoms with Gasteiger partial charge >= 0.3 is 0 Å². The Bertz CT molecular complexity index is 366. The number of hydrogen-bond acceptors (Lipinski definition) is 3. The van der Waals surface area contributed by atoms with E-state index in [-0.39, 0.29) is 5.54 Å². The fraction of sp³-hybridized carbons (Fsp3) is 0.647. The summed E-state index contributed by atoms with van der Waals surface area (Å²) in [6.07, 6.45) is 1.10. The van der Waals surface area contributed by atoms with E-state index < -0.39 is 0 Å². The molecule has 0 atom stereocenters. The second-order valence-corrected chi connectivity index (χ2v) is 6.66. The number of nitrogens with one attached hydrogen (secondary N) is 2. The summed E-state index contributed by atoms with van der Waals surface area (Å²) >= 11 is 0. The Morgan fingerprint density at radius 3 is 2.25 bits per heavy atom. The van der Waals surface area contributed by atoms with Crippen LogP contribution in [0.25, 0.3) is 0 Å². The van der Waals surface area contributed by atoms with Gasteiger partial charge in [-0.2, -0.15) is 0 Å². The van der Waals surface area contributed by atoms with Crippen LogP contribution in [0.2, 0.25) is 0 Å². The molecule has 0 saturated heterocycles. The molecule has 1 rings (SSSR count). The summed E-state index contributed by atoms with van der Waals surface area (Å²) in [4.78, 5) is 0. The van der Waals surface area contributed by atoms with Gasteiger partial charge in [0.2, 0.25) is 0 Å². The summed E-state index contributed by atoms with van der Waals surface area (Å²) in [6, 6.07) is 8.20. The van der Waals surface area contributed by atoms with E-state index in [2.05, 4.69) is 57.4 Å². The van der Waals surface area contributed by atoms with E-state index >= 15 is 0 Å². The van der Waals surface area contributed by atoms with Crippen molar-refractivity contribution in [3.8, 4) is 5.75 Å². The molecule has 3 heteroatoms. The molecule has 0 unspecified atom stereocenters. The lowest BCUT2D eigenvalue weighted by molar-refractivity contribution is 0.289. The van der Waals surface area contributed by atoms with Gasteiger partial charge in [0, 0.05) is 24.3 Å². The van der Waals surface area contributed by atoms with Crippen LogP contribution in [0.1, 0.15) is 41.0 Å². The smallest absolute Gasteiger partial charge is 0.119 e. The van der Waals surface area contributed by atoms with Crippen molar-refractivity contribution in [1.82, 2.24) is 5.32 Å². The van der Waals surface area contributed by atoms with E-state index in [1.165, 1.54) is 0 Å². The summed E-state index contributed by atoms with van der Waals surface area (Å²) in [5.74, 6) is 1.63. The van der Waals surface area contributed by atoms with Crippen LogP contribution >= 0.6 is 0 Å². The van der Waals surface area contributed by atoms with Crippen molar-refractivity contribution >= 4 is 5.69 Å². The van der Waals surface area contributed by atoms with E-state index in [0.29, 0.717) is 5.92 Å². The molecule has 1 aromatic carbocycles. The fourth-order valence-corrected chi connectivity index (χ4v) is 1.73. The topological polar surface area (TPSA) is 33.3 Å². The van der Waals surface area contributed by atoms with Gasteiger partial charge in [-0.3, -0.25) is 0 Å². The zero-order valence-corrected chi connectivity index (χ0v) is 13.6. The Hall–Kier alpha value is -1.22. The third-order valence-electron chi connectivity index (χ3n) is 2.93. The number of anilines is 1. The molecular formula is C17H30N2O. The Kier molecular flexibility index (Phi) is 6.86. The first-order valence-corrected chi connectivity index (χ1v) is 7.58. The van der Waals surface area contributed by atoms with Crippen LogP contribution in [0.5, 0.6) is 5.75 Å². The van der Waals surface area contributed by atoms with Gasteiger partial charge in [0.1, 0.15) is 5.75 Å². The Morgan fingerprint density at radius 1 is 1.05 bits per heavy atom. The molecule has 0 bridgehead atoms. The van der Waals surface area contributed by atoms with Crippen molar-refractivity contribution in [2.24, 2.45) is 5.92 Å². The second kappa shape index (κ2) is 8.15. The highest BCUT2D eigenvalue weighted by atomic mass is 16.5. The molecule has 1 aromatic rings. The summed E-state index contributed by atoms with van der Waals surface area (Å²) in [5.41, 5.74) is 1.31. The molecular weight excluding hydrogens is 248 g/mol. The van der Waals surface area contributed by atoms with E-state index in [4.69, 9.17) is 4.74 Å². The SMILES string of the molecule is CC(C)CCOc1ccc(NCCNC(C)(C)C)cc1. The Labute approximate surface area is 124 Å². The third kappa shape index (κ3) is 8.05. The first-order valence-electron chi connectivity index (χ1n) is 7.58. The number of rotatable bonds is 8. The molecule has 0 saturated carbocycles. The summed E-state index contributed by atoms with van der Waals surface area (Å²) in [6.45, 7) is 13.6. The summed E-state index contributed by atoms with van der Waals surface area (Å²) in [5, 5.41) is 6.86. The lowest BCUT2D eigenvalue weighted by atomic mass is 10.1. The van der Waals surface area contributed by atoms with E-state index in [1.54, 1.807) is 0 Å². The van der Waals surface area contributed by atoms with Crippen LogP contribution < -0.4 is 15.4 Å². The zero-order valence-electron chi connectivity index (χ0n) is 13.6. The van der Waals surface area contributed by atoms with Gasteiger partial charge in [0.05, 0.1) is 6.61 Å². The number of ether oxygens (including phenoxy) is 1. The molecule has 0 spiro atoms. The first-order chi connectivity index (χ1) is 9.37. The standard InChI is InChI=1S/C17H30N2O/c1-14(2)10-13-20-16-8-6-15(7-9-16)18-11-12-19-17(3,4)5/h6-9,14,18-19H,10-13H2,1-5H3. The van der Waals surface area contributed by atoms with Crippen LogP contribution in [-0.4, -0.2) is 25.2 Å². The van der Waals surface area contributed by atoms with Gasteiger partial charge in [-0.25, -0.2) is 0 Å². The first kappa shape index (κ1) is 16.8. The minimum Gasteiger partial charge on any atom is -0.494 e. The lowest BCUT2D eigenvalue weighted by Crippen LogP contribution is -2.38. The van der Waals surface area contributed by atoms with Crippen molar-refractivity contribution in [3.05, 3.63) is 24.3 Å². The molecule has 0 aliphatic rings. The molecule has 2 N–H and O–H groups in total.